The van der Waals surface area contributed by atoms with Crippen molar-refractivity contribution in [1.82, 2.24) is 9.88 Å². The van der Waals surface area contributed by atoms with Gasteiger partial charge in [0.2, 0.25) is 0 Å². The molecule has 1 amide bonds. The molecule has 110 valence electrons. The summed E-state index contributed by atoms with van der Waals surface area (Å²) < 4.78 is 5.28. The second kappa shape index (κ2) is 5.47. The lowest BCUT2D eigenvalue weighted by Gasteiger charge is -2.35. The number of nitrogens with two attached hydrogens (primary N) is 1. The van der Waals surface area contributed by atoms with E-state index in [2.05, 4.69) is 9.88 Å². The topological polar surface area (TPSA) is 75.6 Å². The SMILES string of the molecule is Cc1ccoc1C(=O)N1CCN(c2ccc(N)nc2)CC1. The van der Waals surface area contributed by atoms with Crippen LogP contribution >= 0.6 is 0 Å². The van der Waals surface area contributed by atoms with Crippen molar-refractivity contribution in [2.24, 2.45) is 0 Å². The van der Waals surface area contributed by atoms with Crippen molar-refractivity contribution in [2.75, 3.05) is 36.8 Å². The highest BCUT2D eigenvalue weighted by atomic mass is 16.3. The fraction of sp³-hybridized carbons (Fsp3) is 0.333. The number of aromatic nitrogens is 1. The lowest BCUT2D eigenvalue weighted by molar-refractivity contribution is 0.0713. The summed E-state index contributed by atoms with van der Waals surface area (Å²) in [4.78, 5) is 20.5. The van der Waals surface area contributed by atoms with Crippen LogP contribution in [0.1, 0.15) is 16.1 Å². The summed E-state index contributed by atoms with van der Waals surface area (Å²) in [6.45, 7) is 4.77. The van der Waals surface area contributed by atoms with Gasteiger partial charge < -0.3 is 20.0 Å². The minimum absolute atomic E-state index is 0.0346. The van der Waals surface area contributed by atoms with E-state index >= 15 is 0 Å². The summed E-state index contributed by atoms with van der Waals surface area (Å²) in [5.41, 5.74) is 7.51. The largest absolute Gasteiger partial charge is 0.459 e. The molecule has 0 aromatic carbocycles. The molecule has 0 unspecified atom stereocenters. The number of carbonyl (C=O) groups is 1. The molecule has 6 heteroatoms. The lowest BCUT2D eigenvalue weighted by Crippen LogP contribution is -2.48. The number of aryl methyl sites for hydroxylation is 1. The molecule has 21 heavy (non-hydrogen) atoms. The molecule has 6 nitrogen and oxygen atoms in total. The maximum Gasteiger partial charge on any atom is 0.289 e. The summed E-state index contributed by atoms with van der Waals surface area (Å²) in [5.74, 6) is 0.922. The van der Waals surface area contributed by atoms with Crippen molar-refractivity contribution in [3.8, 4) is 0 Å². The Labute approximate surface area is 123 Å². The molecule has 3 heterocycles. The van der Waals surface area contributed by atoms with Crippen LogP contribution in [0.15, 0.2) is 35.1 Å². The predicted molar refractivity (Wildman–Crippen MR) is 80.2 cm³/mol. The zero-order valence-corrected chi connectivity index (χ0v) is 12.0. The Balaban J connectivity index is 1.64. The van der Waals surface area contributed by atoms with Crippen LogP contribution in [0.25, 0.3) is 0 Å². The van der Waals surface area contributed by atoms with Crippen LogP contribution in [0, 0.1) is 6.92 Å². The third-order valence-corrected chi connectivity index (χ3v) is 3.76. The van der Waals surface area contributed by atoms with Crippen LogP contribution in [0.2, 0.25) is 0 Å². The molecule has 0 radical (unpaired) electrons. The van der Waals surface area contributed by atoms with E-state index in [1.807, 2.05) is 24.0 Å². The average molecular weight is 286 g/mol. The van der Waals surface area contributed by atoms with Gasteiger partial charge in [-0.2, -0.15) is 0 Å². The highest BCUT2D eigenvalue weighted by molar-refractivity contribution is 5.93. The first kappa shape index (κ1) is 13.5. The highest BCUT2D eigenvalue weighted by Gasteiger charge is 2.25. The van der Waals surface area contributed by atoms with Gasteiger partial charge in [-0.15, -0.1) is 0 Å². The Kier molecular flexibility index (Phi) is 3.51. The second-order valence-electron chi connectivity index (χ2n) is 5.15. The maximum atomic E-state index is 12.4. The molecule has 1 fully saturated rings. The van der Waals surface area contributed by atoms with Gasteiger partial charge >= 0.3 is 0 Å². The van der Waals surface area contributed by atoms with E-state index < -0.39 is 0 Å². The number of anilines is 2. The normalized spacial score (nSPS) is 15.3. The maximum absolute atomic E-state index is 12.4. The number of piperazine rings is 1. The first-order valence-electron chi connectivity index (χ1n) is 6.95. The summed E-state index contributed by atoms with van der Waals surface area (Å²) >= 11 is 0. The van der Waals surface area contributed by atoms with E-state index in [0.717, 1.165) is 24.3 Å². The van der Waals surface area contributed by atoms with Crippen molar-refractivity contribution in [3.63, 3.8) is 0 Å². The minimum Gasteiger partial charge on any atom is -0.459 e. The van der Waals surface area contributed by atoms with Crippen LogP contribution in [-0.2, 0) is 0 Å². The standard InChI is InChI=1S/C15H18N4O2/c1-11-4-9-21-14(11)15(20)19-7-5-18(6-8-19)12-2-3-13(16)17-10-12/h2-4,9-10H,5-8H2,1H3,(H2,16,17). The number of pyridine rings is 1. The molecule has 0 aliphatic carbocycles. The van der Waals surface area contributed by atoms with Crippen molar-refractivity contribution in [1.29, 1.82) is 0 Å². The summed E-state index contributed by atoms with van der Waals surface area (Å²) in [6.07, 6.45) is 3.32. The van der Waals surface area contributed by atoms with Crippen LogP contribution in [0.3, 0.4) is 0 Å². The second-order valence-corrected chi connectivity index (χ2v) is 5.15. The fourth-order valence-corrected chi connectivity index (χ4v) is 2.49. The zero-order valence-electron chi connectivity index (χ0n) is 12.0. The molecule has 2 N–H and O–H groups in total. The molecular weight excluding hydrogens is 268 g/mol. The molecule has 1 aliphatic heterocycles. The number of nitrogens with zero attached hydrogens (tertiary/aromatic N) is 3. The van der Waals surface area contributed by atoms with Gasteiger partial charge in [0, 0.05) is 31.7 Å². The number of nitrogen functional groups attached to an aromatic ring is 1. The molecular formula is C15H18N4O2. The Morgan fingerprint density at radius 3 is 2.57 bits per heavy atom. The van der Waals surface area contributed by atoms with Crippen molar-refractivity contribution >= 4 is 17.4 Å². The van der Waals surface area contributed by atoms with Gasteiger partial charge in [-0.1, -0.05) is 0 Å². The van der Waals surface area contributed by atoms with E-state index in [4.69, 9.17) is 10.2 Å². The number of furan rings is 1. The van der Waals surface area contributed by atoms with Crippen molar-refractivity contribution < 1.29 is 9.21 Å². The van der Waals surface area contributed by atoms with E-state index in [-0.39, 0.29) is 5.91 Å². The molecule has 1 saturated heterocycles. The Morgan fingerprint density at radius 2 is 2.00 bits per heavy atom. The molecule has 2 aromatic rings. The van der Waals surface area contributed by atoms with Crippen LogP contribution in [-0.4, -0.2) is 42.0 Å². The molecule has 0 spiro atoms. The molecule has 3 rings (SSSR count). The summed E-state index contributed by atoms with van der Waals surface area (Å²) in [5, 5.41) is 0. The van der Waals surface area contributed by atoms with Gasteiger partial charge in [-0.25, -0.2) is 4.98 Å². The van der Waals surface area contributed by atoms with E-state index in [0.29, 0.717) is 24.7 Å². The zero-order chi connectivity index (χ0) is 14.8. The van der Waals surface area contributed by atoms with Crippen LogP contribution in [0.4, 0.5) is 11.5 Å². The van der Waals surface area contributed by atoms with Gasteiger partial charge in [-0.3, -0.25) is 4.79 Å². The summed E-state index contributed by atoms with van der Waals surface area (Å²) in [6, 6.07) is 5.55. The van der Waals surface area contributed by atoms with Gasteiger partial charge in [-0.05, 0) is 25.1 Å². The third kappa shape index (κ3) is 2.69. The van der Waals surface area contributed by atoms with Gasteiger partial charge in [0.15, 0.2) is 5.76 Å². The Morgan fingerprint density at radius 1 is 1.24 bits per heavy atom. The van der Waals surface area contributed by atoms with E-state index in [1.165, 1.54) is 0 Å². The lowest BCUT2D eigenvalue weighted by atomic mass is 10.2. The molecule has 0 bridgehead atoms. The van der Waals surface area contributed by atoms with Crippen LogP contribution in [0.5, 0.6) is 0 Å². The molecule has 2 aromatic heterocycles. The van der Waals surface area contributed by atoms with Crippen LogP contribution < -0.4 is 10.6 Å². The third-order valence-electron chi connectivity index (χ3n) is 3.76. The number of carbonyl (C=O) groups excluding carboxylic acids is 1. The fourth-order valence-electron chi connectivity index (χ4n) is 2.49. The molecule has 0 atom stereocenters. The monoisotopic (exact) mass is 286 g/mol. The van der Waals surface area contributed by atoms with E-state index in [1.54, 1.807) is 18.5 Å². The number of hydrogen-bond donors (Lipinski definition) is 1. The quantitative estimate of drug-likeness (QED) is 0.906. The summed E-state index contributed by atoms with van der Waals surface area (Å²) in [7, 11) is 0. The first-order chi connectivity index (χ1) is 10.1. The van der Waals surface area contributed by atoms with Crippen molar-refractivity contribution in [3.05, 3.63) is 42.0 Å². The molecule has 0 saturated carbocycles. The van der Waals surface area contributed by atoms with Gasteiger partial charge in [0.25, 0.3) is 5.91 Å². The predicted octanol–water partition coefficient (Wildman–Crippen LogP) is 1.53. The minimum atomic E-state index is -0.0346. The van der Waals surface area contributed by atoms with Crippen molar-refractivity contribution in [2.45, 2.75) is 6.92 Å². The smallest absolute Gasteiger partial charge is 0.289 e. The number of hydrogen-bond acceptors (Lipinski definition) is 5. The van der Waals surface area contributed by atoms with E-state index in [9.17, 15) is 4.79 Å². The number of rotatable bonds is 2. The number of amides is 1. The van der Waals surface area contributed by atoms with Gasteiger partial charge in [0.05, 0.1) is 18.1 Å². The first-order valence-corrected chi connectivity index (χ1v) is 6.95. The van der Waals surface area contributed by atoms with Gasteiger partial charge in [0.1, 0.15) is 5.82 Å². The Hall–Kier alpha value is -2.50. The average Bonchev–Trinajstić information content (AvgIpc) is 2.94. The Bertz CT molecular complexity index is 627. The molecule has 1 aliphatic rings. The highest BCUT2D eigenvalue weighted by Crippen LogP contribution is 2.18.